The van der Waals surface area contributed by atoms with E-state index in [-0.39, 0.29) is 5.78 Å². The number of ketones is 1. The van der Waals surface area contributed by atoms with Crippen molar-refractivity contribution in [1.29, 1.82) is 0 Å². The molecule has 0 fully saturated rings. The molecule has 0 saturated heterocycles. The molecule has 3 nitrogen and oxygen atoms in total. The van der Waals surface area contributed by atoms with Crippen LogP contribution in [-0.2, 0) is 0 Å². The van der Waals surface area contributed by atoms with Gasteiger partial charge in [-0.2, -0.15) is 0 Å². The summed E-state index contributed by atoms with van der Waals surface area (Å²) in [5, 5.41) is 3.06. The van der Waals surface area contributed by atoms with E-state index in [9.17, 15) is 9.18 Å². The lowest BCUT2D eigenvalue weighted by molar-refractivity contribution is 0.103. The first kappa shape index (κ1) is 13.2. The highest BCUT2D eigenvalue weighted by molar-refractivity contribution is 6.11. The molecule has 0 unspecified atom stereocenters. The first-order valence-corrected chi connectivity index (χ1v) is 6.13. The molecule has 0 amide bonds. The lowest BCUT2D eigenvalue weighted by atomic mass is 10.0. The van der Waals surface area contributed by atoms with Gasteiger partial charge in [0.05, 0.1) is 5.56 Å². The fourth-order valence-corrected chi connectivity index (χ4v) is 1.83. The highest BCUT2D eigenvalue weighted by Gasteiger charge is 2.15. The van der Waals surface area contributed by atoms with E-state index in [0.717, 1.165) is 5.69 Å². The van der Waals surface area contributed by atoms with Crippen LogP contribution in [0.15, 0.2) is 36.4 Å². The molecule has 4 heteroatoms. The van der Waals surface area contributed by atoms with Gasteiger partial charge in [-0.25, -0.2) is 9.37 Å². The van der Waals surface area contributed by atoms with E-state index in [0.29, 0.717) is 23.5 Å². The Balaban J connectivity index is 2.43. The maximum atomic E-state index is 13.2. The summed E-state index contributed by atoms with van der Waals surface area (Å²) in [4.78, 5) is 16.7. The Labute approximate surface area is 111 Å². The number of aromatic nitrogens is 1. The quantitative estimate of drug-likeness (QED) is 0.856. The van der Waals surface area contributed by atoms with E-state index in [1.165, 1.54) is 18.2 Å². The number of halogens is 1. The van der Waals surface area contributed by atoms with Crippen LogP contribution in [0.25, 0.3) is 0 Å². The lowest BCUT2D eigenvalue weighted by Gasteiger charge is -2.10. The van der Waals surface area contributed by atoms with E-state index in [4.69, 9.17) is 0 Å². The molecule has 0 radical (unpaired) electrons. The average Bonchev–Trinajstić information content (AvgIpc) is 2.39. The zero-order chi connectivity index (χ0) is 13.8. The van der Waals surface area contributed by atoms with Crippen molar-refractivity contribution in [2.45, 2.75) is 13.8 Å². The first-order chi connectivity index (χ1) is 9.11. The third-order valence-corrected chi connectivity index (χ3v) is 2.71. The van der Waals surface area contributed by atoms with Gasteiger partial charge in [-0.3, -0.25) is 4.79 Å². The maximum absolute atomic E-state index is 13.2. The van der Waals surface area contributed by atoms with Gasteiger partial charge in [-0.15, -0.1) is 0 Å². The number of nitrogens with one attached hydrogen (secondary N) is 1. The number of carbonyl (C=O) groups excluding carboxylic acids is 1. The molecule has 1 heterocycles. The first-order valence-electron chi connectivity index (χ1n) is 6.13. The zero-order valence-electron chi connectivity index (χ0n) is 10.9. The fraction of sp³-hybridized carbons (Fsp3) is 0.200. The van der Waals surface area contributed by atoms with Gasteiger partial charge in [0.1, 0.15) is 11.6 Å². The van der Waals surface area contributed by atoms with E-state index in [1.807, 2.05) is 13.8 Å². The summed E-state index contributed by atoms with van der Waals surface area (Å²) in [5.41, 5.74) is 1.61. The van der Waals surface area contributed by atoms with Crippen LogP contribution in [0, 0.1) is 12.7 Å². The molecule has 2 rings (SSSR count). The van der Waals surface area contributed by atoms with Crippen molar-refractivity contribution in [2.24, 2.45) is 0 Å². The minimum Gasteiger partial charge on any atom is -0.370 e. The monoisotopic (exact) mass is 258 g/mol. The minimum atomic E-state index is -0.420. The molecule has 2 aromatic rings. The van der Waals surface area contributed by atoms with Gasteiger partial charge in [-0.1, -0.05) is 12.1 Å². The smallest absolute Gasteiger partial charge is 0.196 e. The third kappa shape index (κ3) is 2.96. The average molecular weight is 258 g/mol. The number of carbonyl (C=O) groups is 1. The SMILES string of the molecule is CCNc1nc(C)ccc1C(=O)c1cccc(F)c1. The van der Waals surface area contributed by atoms with Crippen molar-refractivity contribution in [2.75, 3.05) is 11.9 Å². The van der Waals surface area contributed by atoms with Crippen LogP contribution in [0.5, 0.6) is 0 Å². The summed E-state index contributed by atoms with van der Waals surface area (Å²) in [6.45, 7) is 4.46. The van der Waals surface area contributed by atoms with Gasteiger partial charge in [0.15, 0.2) is 5.78 Å². The molecule has 19 heavy (non-hydrogen) atoms. The lowest BCUT2D eigenvalue weighted by Crippen LogP contribution is -2.10. The summed E-state index contributed by atoms with van der Waals surface area (Å²) in [6, 6.07) is 9.16. The molecule has 0 bridgehead atoms. The second kappa shape index (κ2) is 5.61. The molecule has 0 saturated carbocycles. The van der Waals surface area contributed by atoms with E-state index in [2.05, 4.69) is 10.3 Å². The molecule has 1 aromatic carbocycles. The summed E-state index contributed by atoms with van der Waals surface area (Å²) in [5.74, 6) is -0.115. The van der Waals surface area contributed by atoms with Gasteiger partial charge in [0.25, 0.3) is 0 Å². The van der Waals surface area contributed by atoms with Crippen LogP contribution in [0.3, 0.4) is 0 Å². The Kier molecular flexibility index (Phi) is 3.90. The van der Waals surface area contributed by atoms with Crippen LogP contribution in [0.1, 0.15) is 28.5 Å². The summed E-state index contributed by atoms with van der Waals surface area (Å²) >= 11 is 0. The van der Waals surface area contributed by atoms with Gasteiger partial charge >= 0.3 is 0 Å². The van der Waals surface area contributed by atoms with Crippen LogP contribution in [-0.4, -0.2) is 17.3 Å². The molecule has 0 aliphatic carbocycles. The fourth-order valence-electron chi connectivity index (χ4n) is 1.83. The molecule has 1 aromatic heterocycles. The molecular formula is C15H15FN2O. The molecular weight excluding hydrogens is 243 g/mol. The number of pyridine rings is 1. The highest BCUT2D eigenvalue weighted by atomic mass is 19.1. The number of nitrogens with zero attached hydrogens (tertiary/aromatic N) is 1. The standard InChI is InChI=1S/C15H15FN2O/c1-3-17-15-13(8-7-10(2)18-15)14(19)11-5-4-6-12(16)9-11/h4-9H,3H2,1-2H3,(H,17,18). The number of hydrogen-bond acceptors (Lipinski definition) is 3. The molecule has 98 valence electrons. The predicted octanol–water partition coefficient (Wildman–Crippen LogP) is 3.19. The van der Waals surface area contributed by atoms with Crippen molar-refractivity contribution in [3.8, 4) is 0 Å². The Bertz CT molecular complexity index is 611. The van der Waals surface area contributed by atoms with Crippen molar-refractivity contribution in [3.05, 3.63) is 59.0 Å². The zero-order valence-corrected chi connectivity index (χ0v) is 10.9. The van der Waals surface area contributed by atoms with Gasteiger partial charge in [0, 0.05) is 17.8 Å². The van der Waals surface area contributed by atoms with Gasteiger partial charge in [-0.05, 0) is 38.1 Å². The molecule has 0 aliphatic heterocycles. The number of benzene rings is 1. The van der Waals surface area contributed by atoms with Gasteiger partial charge < -0.3 is 5.32 Å². The largest absolute Gasteiger partial charge is 0.370 e. The van der Waals surface area contributed by atoms with Crippen LogP contribution < -0.4 is 5.32 Å². The number of rotatable bonds is 4. The van der Waals surface area contributed by atoms with Crippen molar-refractivity contribution in [3.63, 3.8) is 0 Å². The van der Waals surface area contributed by atoms with E-state index < -0.39 is 5.82 Å². The minimum absolute atomic E-state index is 0.233. The highest BCUT2D eigenvalue weighted by Crippen LogP contribution is 2.18. The summed E-state index contributed by atoms with van der Waals surface area (Å²) < 4.78 is 13.2. The molecule has 0 aliphatic rings. The number of aryl methyl sites for hydroxylation is 1. The number of hydrogen-bond donors (Lipinski definition) is 1. The van der Waals surface area contributed by atoms with E-state index in [1.54, 1.807) is 18.2 Å². The van der Waals surface area contributed by atoms with Crippen molar-refractivity contribution >= 4 is 11.6 Å². The normalized spacial score (nSPS) is 10.3. The van der Waals surface area contributed by atoms with Crippen LogP contribution in [0.2, 0.25) is 0 Å². The molecule has 0 atom stereocenters. The Morgan fingerprint density at radius 3 is 2.79 bits per heavy atom. The Morgan fingerprint density at radius 1 is 1.32 bits per heavy atom. The van der Waals surface area contributed by atoms with Crippen molar-refractivity contribution in [1.82, 2.24) is 4.98 Å². The summed E-state index contributed by atoms with van der Waals surface area (Å²) in [6.07, 6.45) is 0. The summed E-state index contributed by atoms with van der Waals surface area (Å²) in [7, 11) is 0. The maximum Gasteiger partial charge on any atom is 0.196 e. The van der Waals surface area contributed by atoms with Crippen molar-refractivity contribution < 1.29 is 9.18 Å². The van der Waals surface area contributed by atoms with Crippen LogP contribution in [0.4, 0.5) is 10.2 Å². The Hall–Kier alpha value is -2.23. The topological polar surface area (TPSA) is 42.0 Å². The van der Waals surface area contributed by atoms with Crippen LogP contribution >= 0.6 is 0 Å². The third-order valence-electron chi connectivity index (χ3n) is 2.71. The van der Waals surface area contributed by atoms with E-state index >= 15 is 0 Å². The Morgan fingerprint density at radius 2 is 2.11 bits per heavy atom. The van der Waals surface area contributed by atoms with Gasteiger partial charge in [0.2, 0.25) is 0 Å². The number of anilines is 1. The predicted molar refractivity (Wildman–Crippen MR) is 73.0 cm³/mol. The molecule has 0 spiro atoms. The molecule has 1 N–H and O–H groups in total. The second-order valence-electron chi connectivity index (χ2n) is 4.22. The second-order valence-corrected chi connectivity index (χ2v) is 4.22.